The Morgan fingerprint density at radius 2 is 1.83 bits per heavy atom. The zero-order chi connectivity index (χ0) is 20.2. The first kappa shape index (κ1) is 19.9. The molecule has 1 aliphatic heterocycles. The number of benzene rings is 2. The molecule has 0 radical (unpaired) electrons. The Morgan fingerprint density at radius 3 is 2.59 bits per heavy atom. The maximum Gasteiger partial charge on any atom is 0.267 e. The van der Waals surface area contributed by atoms with Crippen LogP contribution in [0.3, 0.4) is 0 Å². The van der Waals surface area contributed by atoms with E-state index in [1.807, 2.05) is 31.2 Å². The van der Waals surface area contributed by atoms with E-state index in [4.69, 9.17) is 16.3 Å². The van der Waals surface area contributed by atoms with Gasteiger partial charge in [-0.15, -0.1) is 0 Å². The summed E-state index contributed by atoms with van der Waals surface area (Å²) in [6.07, 6.45) is 5.01. The number of fused-ring (bicyclic) bond motifs is 1. The van der Waals surface area contributed by atoms with Gasteiger partial charge < -0.3 is 9.64 Å². The molecule has 1 aromatic heterocycles. The maximum absolute atomic E-state index is 13.0. The normalized spacial score (nSPS) is 15.0. The third-order valence-electron chi connectivity index (χ3n) is 5.45. The van der Waals surface area contributed by atoms with Gasteiger partial charge in [0.05, 0.1) is 28.2 Å². The SMILES string of the molecule is Cc1nc2cccc(Cl)c2c(=O)n1-c1ccc(OCCCN2CCCCC2)cc1. The van der Waals surface area contributed by atoms with Gasteiger partial charge in [-0.1, -0.05) is 24.1 Å². The Kier molecular flexibility index (Phi) is 6.16. The second-order valence-corrected chi connectivity index (χ2v) is 7.94. The van der Waals surface area contributed by atoms with E-state index in [0.717, 1.165) is 24.4 Å². The van der Waals surface area contributed by atoms with Crippen molar-refractivity contribution in [2.24, 2.45) is 0 Å². The molecule has 3 aromatic rings. The molecule has 0 bridgehead atoms. The van der Waals surface area contributed by atoms with Crippen molar-refractivity contribution in [1.29, 1.82) is 0 Å². The number of ether oxygens (including phenoxy) is 1. The van der Waals surface area contributed by atoms with Crippen LogP contribution in [0.2, 0.25) is 5.02 Å². The summed E-state index contributed by atoms with van der Waals surface area (Å²) in [4.78, 5) is 20.1. The number of hydrogen-bond donors (Lipinski definition) is 0. The predicted molar refractivity (Wildman–Crippen MR) is 117 cm³/mol. The van der Waals surface area contributed by atoms with Gasteiger partial charge in [-0.3, -0.25) is 9.36 Å². The molecule has 2 aromatic carbocycles. The summed E-state index contributed by atoms with van der Waals surface area (Å²) in [7, 11) is 0. The quantitative estimate of drug-likeness (QED) is 0.556. The van der Waals surface area contributed by atoms with E-state index < -0.39 is 0 Å². The Bertz CT molecular complexity index is 1040. The van der Waals surface area contributed by atoms with Gasteiger partial charge >= 0.3 is 0 Å². The molecule has 0 saturated carbocycles. The molecule has 1 aliphatic rings. The summed E-state index contributed by atoms with van der Waals surface area (Å²) < 4.78 is 7.48. The zero-order valence-electron chi connectivity index (χ0n) is 16.7. The van der Waals surface area contributed by atoms with Crippen LogP contribution in [0.25, 0.3) is 16.6 Å². The first-order chi connectivity index (χ1) is 14.1. The average Bonchev–Trinajstić information content (AvgIpc) is 2.73. The Morgan fingerprint density at radius 1 is 1.07 bits per heavy atom. The number of aromatic nitrogens is 2. The van der Waals surface area contributed by atoms with E-state index in [-0.39, 0.29) is 5.56 Å². The Balaban J connectivity index is 1.45. The fourth-order valence-corrected chi connectivity index (χ4v) is 4.21. The minimum Gasteiger partial charge on any atom is -0.494 e. The van der Waals surface area contributed by atoms with E-state index in [0.29, 0.717) is 28.4 Å². The topological polar surface area (TPSA) is 47.4 Å². The van der Waals surface area contributed by atoms with Crippen LogP contribution in [0, 0.1) is 6.92 Å². The number of hydrogen-bond acceptors (Lipinski definition) is 4. The molecule has 2 heterocycles. The molecule has 4 rings (SSSR count). The number of rotatable bonds is 6. The minimum atomic E-state index is -0.159. The first-order valence-electron chi connectivity index (χ1n) is 10.3. The van der Waals surface area contributed by atoms with E-state index >= 15 is 0 Å². The molecule has 6 heteroatoms. The van der Waals surface area contributed by atoms with Crippen LogP contribution in [-0.2, 0) is 0 Å². The third-order valence-corrected chi connectivity index (χ3v) is 5.76. The molecule has 0 atom stereocenters. The number of likely N-dealkylation sites (tertiary alicyclic amines) is 1. The van der Waals surface area contributed by atoms with Crippen molar-refractivity contribution in [3.05, 3.63) is 63.7 Å². The van der Waals surface area contributed by atoms with Crippen molar-refractivity contribution in [3.8, 4) is 11.4 Å². The Labute approximate surface area is 175 Å². The van der Waals surface area contributed by atoms with Crippen LogP contribution in [0.1, 0.15) is 31.5 Å². The van der Waals surface area contributed by atoms with Gasteiger partial charge in [0.25, 0.3) is 5.56 Å². The minimum absolute atomic E-state index is 0.159. The smallest absolute Gasteiger partial charge is 0.267 e. The average molecular weight is 412 g/mol. The molecule has 0 N–H and O–H groups in total. The monoisotopic (exact) mass is 411 g/mol. The molecule has 5 nitrogen and oxygen atoms in total. The van der Waals surface area contributed by atoms with Crippen LogP contribution in [-0.4, -0.2) is 40.7 Å². The van der Waals surface area contributed by atoms with Gasteiger partial charge in [-0.05, 0) is 75.7 Å². The molecule has 1 saturated heterocycles. The molecule has 1 fully saturated rings. The van der Waals surface area contributed by atoms with Crippen LogP contribution < -0.4 is 10.3 Å². The summed E-state index contributed by atoms with van der Waals surface area (Å²) in [5.41, 5.74) is 1.21. The van der Waals surface area contributed by atoms with Crippen molar-refractivity contribution in [3.63, 3.8) is 0 Å². The molecular weight excluding hydrogens is 386 g/mol. The molecular formula is C23H26ClN3O2. The van der Waals surface area contributed by atoms with E-state index in [2.05, 4.69) is 9.88 Å². The highest BCUT2D eigenvalue weighted by molar-refractivity contribution is 6.35. The van der Waals surface area contributed by atoms with Crippen LogP contribution in [0.5, 0.6) is 5.75 Å². The van der Waals surface area contributed by atoms with E-state index in [1.165, 1.54) is 32.4 Å². The van der Waals surface area contributed by atoms with Crippen LogP contribution in [0.15, 0.2) is 47.3 Å². The maximum atomic E-state index is 13.0. The first-order valence-corrected chi connectivity index (χ1v) is 10.6. The van der Waals surface area contributed by atoms with Gasteiger partial charge in [0.2, 0.25) is 0 Å². The molecule has 0 spiro atoms. The Hall–Kier alpha value is -2.37. The van der Waals surface area contributed by atoms with Gasteiger partial charge in [0, 0.05) is 6.54 Å². The lowest BCUT2D eigenvalue weighted by Crippen LogP contribution is -2.31. The fourth-order valence-electron chi connectivity index (χ4n) is 3.96. The number of halogens is 1. The standard InChI is InChI=1S/C23H26ClN3O2/c1-17-25-21-8-5-7-20(24)22(21)23(28)27(17)18-9-11-19(12-10-18)29-16-6-15-26-13-3-2-4-14-26/h5,7-12H,2-4,6,13-16H2,1H3. The second-order valence-electron chi connectivity index (χ2n) is 7.53. The van der Waals surface area contributed by atoms with Gasteiger partial charge in [0.1, 0.15) is 11.6 Å². The number of piperidine rings is 1. The fraction of sp³-hybridized carbons (Fsp3) is 0.391. The molecule has 152 valence electrons. The van der Waals surface area contributed by atoms with Crippen molar-refractivity contribution >= 4 is 22.5 Å². The van der Waals surface area contributed by atoms with Crippen molar-refractivity contribution in [1.82, 2.24) is 14.5 Å². The van der Waals surface area contributed by atoms with Gasteiger partial charge in [-0.25, -0.2) is 4.98 Å². The zero-order valence-corrected chi connectivity index (χ0v) is 17.5. The summed E-state index contributed by atoms with van der Waals surface area (Å²) in [6.45, 7) is 6.05. The summed E-state index contributed by atoms with van der Waals surface area (Å²) in [5.74, 6) is 1.44. The number of nitrogens with zero attached hydrogens (tertiary/aromatic N) is 3. The summed E-state index contributed by atoms with van der Waals surface area (Å²) in [6, 6.07) is 12.9. The summed E-state index contributed by atoms with van der Waals surface area (Å²) >= 11 is 6.25. The lowest BCUT2D eigenvalue weighted by Gasteiger charge is -2.26. The van der Waals surface area contributed by atoms with Gasteiger partial charge in [0.15, 0.2) is 0 Å². The highest BCUT2D eigenvalue weighted by Gasteiger charge is 2.13. The van der Waals surface area contributed by atoms with E-state index in [1.54, 1.807) is 22.8 Å². The lowest BCUT2D eigenvalue weighted by molar-refractivity contribution is 0.205. The predicted octanol–water partition coefficient (Wildman–Crippen LogP) is 4.60. The lowest BCUT2D eigenvalue weighted by atomic mass is 10.1. The molecule has 0 unspecified atom stereocenters. The highest BCUT2D eigenvalue weighted by Crippen LogP contribution is 2.21. The molecule has 0 aliphatic carbocycles. The molecule has 29 heavy (non-hydrogen) atoms. The van der Waals surface area contributed by atoms with E-state index in [9.17, 15) is 4.79 Å². The van der Waals surface area contributed by atoms with Gasteiger partial charge in [-0.2, -0.15) is 0 Å². The largest absolute Gasteiger partial charge is 0.494 e. The van der Waals surface area contributed by atoms with Crippen LogP contribution >= 0.6 is 11.6 Å². The van der Waals surface area contributed by atoms with Crippen LogP contribution in [0.4, 0.5) is 0 Å². The van der Waals surface area contributed by atoms with Crippen molar-refractivity contribution < 1.29 is 4.74 Å². The van der Waals surface area contributed by atoms with Crippen molar-refractivity contribution in [2.45, 2.75) is 32.6 Å². The number of aryl methyl sites for hydroxylation is 1. The third kappa shape index (κ3) is 4.46. The van der Waals surface area contributed by atoms with Crippen molar-refractivity contribution in [2.75, 3.05) is 26.2 Å². The summed E-state index contributed by atoms with van der Waals surface area (Å²) in [5, 5.41) is 0.861. The second kappa shape index (κ2) is 8.97. The highest BCUT2D eigenvalue weighted by atomic mass is 35.5. The molecule has 0 amide bonds.